The molecule has 1 amide bonds. The van der Waals surface area contributed by atoms with Gasteiger partial charge in [0.1, 0.15) is 0 Å². The van der Waals surface area contributed by atoms with Crippen LogP contribution in [0.25, 0.3) is 0 Å². The summed E-state index contributed by atoms with van der Waals surface area (Å²) in [5.41, 5.74) is 2.97. The number of rotatable bonds is 7. The minimum absolute atomic E-state index is 0.107. The van der Waals surface area contributed by atoms with Crippen LogP contribution in [0.5, 0.6) is 0 Å². The van der Waals surface area contributed by atoms with Crippen molar-refractivity contribution < 1.29 is 4.79 Å². The van der Waals surface area contributed by atoms with Gasteiger partial charge in [-0.2, -0.15) is 0 Å². The van der Waals surface area contributed by atoms with E-state index < -0.39 is 0 Å². The highest BCUT2D eigenvalue weighted by Crippen LogP contribution is 2.19. The normalized spacial score (nSPS) is 21.7. The van der Waals surface area contributed by atoms with E-state index in [1.165, 1.54) is 24.0 Å². The third-order valence-electron chi connectivity index (χ3n) is 5.59. The molecule has 138 valence electrons. The Kier molecular flexibility index (Phi) is 6.88. The molecule has 1 unspecified atom stereocenters. The van der Waals surface area contributed by atoms with Crippen LogP contribution >= 0.6 is 0 Å². The van der Waals surface area contributed by atoms with E-state index in [0.29, 0.717) is 0 Å². The molecule has 25 heavy (non-hydrogen) atoms. The summed E-state index contributed by atoms with van der Waals surface area (Å²) in [6.07, 6.45) is 6.76. The molecule has 0 radical (unpaired) electrons. The number of nitrogens with one attached hydrogen (secondary N) is 1. The van der Waals surface area contributed by atoms with Crippen molar-refractivity contribution in [1.29, 1.82) is 0 Å². The number of benzene rings is 1. The number of fused-ring (bicyclic) bond motifs is 1. The molecule has 1 atom stereocenters. The summed E-state index contributed by atoms with van der Waals surface area (Å²) in [7, 11) is 0. The van der Waals surface area contributed by atoms with Crippen LogP contribution in [-0.4, -0.2) is 54.5 Å². The van der Waals surface area contributed by atoms with Crippen molar-refractivity contribution in [2.75, 3.05) is 32.7 Å². The van der Waals surface area contributed by atoms with Crippen LogP contribution in [0, 0.1) is 0 Å². The van der Waals surface area contributed by atoms with Gasteiger partial charge in [0.05, 0.1) is 6.04 Å². The molecule has 0 spiro atoms. The third kappa shape index (κ3) is 5.05. The Balaban J connectivity index is 1.37. The average molecular weight is 344 g/mol. The number of hydrogen-bond donors (Lipinski definition) is 1. The van der Waals surface area contributed by atoms with Crippen LogP contribution in [0.4, 0.5) is 0 Å². The molecule has 0 aromatic heterocycles. The fourth-order valence-corrected chi connectivity index (χ4v) is 4.22. The lowest BCUT2D eigenvalue weighted by molar-refractivity contribution is -0.127. The maximum atomic E-state index is 12.5. The van der Waals surface area contributed by atoms with Crippen LogP contribution in [0.1, 0.15) is 50.2 Å². The lowest BCUT2D eigenvalue weighted by Gasteiger charge is -2.34. The molecule has 2 aliphatic heterocycles. The van der Waals surface area contributed by atoms with E-state index in [4.69, 9.17) is 0 Å². The van der Waals surface area contributed by atoms with Crippen molar-refractivity contribution in [3.8, 4) is 0 Å². The minimum Gasteiger partial charge on any atom is -0.355 e. The molecule has 1 N–H and O–H groups in total. The molecule has 1 fully saturated rings. The van der Waals surface area contributed by atoms with Crippen molar-refractivity contribution in [2.45, 2.75) is 58.0 Å². The van der Waals surface area contributed by atoms with Gasteiger partial charge in [-0.05, 0) is 56.3 Å². The van der Waals surface area contributed by atoms with E-state index in [9.17, 15) is 4.79 Å². The SMILES string of the molecule is CCCN1CCCCC1C(=O)NCCCN1CCc2ccccc2C1. The first-order chi connectivity index (χ1) is 12.3. The molecule has 1 saturated heterocycles. The fourth-order valence-electron chi connectivity index (χ4n) is 4.22. The largest absolute Gasteiger partial charge is 0.355 e. The van der Waals surface area contributed by atoms with Crippen molar-refractivity contribution in [1.82, 2.24) is 15.1 Å². The van der Waals surface area contributed by atoms with Gasteiger partial charge in [-0.1, -0.05) is 37.6 Å². The number of likely N-dealkylation sites (tertiary alicyclic amines) is 1. The van der Waals surface area contributed by atoms with Gasteiger partial charge in [0.2, 0.25) is 5.91 Å². The molecule has 0 aliphatic carbocycles. The highest BCUT2D eigenvalue weighted by atomic mass is 16.2. The topological polar surface area (TPSA) is 35.6 Å². The quantitative estimate of drug-likeness (QED) is 0.773. The third-order valence-corrected chi connectivity index (χ3v) is 5.59. The molecule has 2 heterocycles. The first-order valence-corrected chi connectivity index (χ1v) is 10.1. The van der Waals surface area contributed by atoms with Crippen molar-refractivity contribution in [3.05, 3.63) is 35.4 Å². The molecular weight excluding hydrogens is 310 g/mol. The number of amides is 1. The van der Waals surface area contributed by atoms with Gasteiger partial charge in [-0.3, -0.25) is 14.6 Å². The van der Waals surface area contributed by atoms with Crippen molar-refractivity contribution in [3.63, 3.8) is 0 Å². The van der Waals surface area contributed by atoms with Gasteiger partial charge >= 0.3 is 0 Å². The summed E-state index contributed by atoms with van der Waals surface area (Å²) in [5, 5.41) is 3.19. The Morgan fingerprint density at radius 1 is 1.16 bits per heavy atom. The van der Waals surface area contributed by atoms with Gasteiger partial charge in [0.15, 0.2) is 0 Å². The molecule has 4 heteroatoms. The van der Waals surface area contributed by atoms with Gasteiger partial charge < -0.3 is 5.32 Å². The fraction of sp³-hybridized carbons (Fsp3) is 0.667. The highest BCUT2D eigenvalue weighted by Gasteiger charge is 2.27. The Hall–Kier alpha value is -1.39. The van der Waals surface area contributed by atoms with E-state index >= 15 is 0 Å². The lowest BCUT2D eigenvalue weighted by Crippen LogP contribution is -2.50. The van der Waals surface area contributed by atoms with Gasteiger partial charge in [-0.15, -0.1) is 0 Å². The second-order valence-corrected chi connectivity index (χ2v) is 7.49. The van der Waals surface area contributed by atoms with Crippen molar-refractivity contribution >= 4 is 5.91 Å². The second-order valence-electron chi connectivity index (χ2n) is 7.49. The van der Waals surface area contributed by atoms with E-state index in [1.807, 2.05) is 0 Å². The number of carbonyl (C=O) groups is 1. The molecule has 3 rings (SSSR count). The predicted molar refractivity (Wildman–Crippen MR) is 103 cm³/mol. The molecular formula is C21H33N3O. The summed E-state index contributed by atoms with van der Waals surface area (Å²) in [4.78, 5) is 17.4. The van der Waals surface area contributed by atoms with E-state index in [0.717, 1.165) is 65.0 Å². The molecule has 1 aromatic carbocycles. The summed E-state index contributed by atoms with van der Waals surface area (Å²) >= 11 is 0. The van der Waals surface area contributed by atoms with E-state index in [1.54, 1.807) is 0 Å². The molecule has 2 aliphatic rings. The predicted octanol–water partition coefficient (Wildman–Crippen LogP) is 2.82. The number of nitrogens with zero attached hydrogens (tertiary/aromatic N) is 2. The van der Waals surface area contributed by atoms with E-state index in [2.05, 4.69) is 46.3 Å². The zero-order valence-electron chi connectivity index (χ0n) is 15.7. The van der Waals surface area contributed by atoms with Crippen LogP contribution in [-0.2, 0) is 17.8 Å². The number of piperidine rings is 1. The molecule has 4 nitrogen and oxygen atoms in total. The van der Waals surface area contributed by atoms with Crippen LogP contribution < -0.4 is 5.32 Å². The Labute approximate surface area is 152 Å². The molecule has 1 aromatic rings. The lowest BCUT2D eigenvalue weighted by atomic mass is 10.00. The molecule has 0 bridgehead atoms. The zero-order chi connectivity index (χ0) is 17.5. The first-order valence-electron chi connectivity index (χ1n) is 10.1. The van der Waals surface area contributed by atoms with Crippen molar-refractivity contribution in [2.24, 2.45) is 0 Å². The highest BCUT2D eigenvalue weighted by molar-refractivity contribution is 5.81. The summed E-state index contributed by atoms with van der Waals surface area (Å²) in [5.74, 6) is 0.247. The van der Waals surface area contributed by atoms with Gasteiger partial charge in [0, 0.05) is 26.2 Å². The Morgan fingerprint density at radius 3 is 2.84 bits per heavy atom. The maximum Gasteiger partial charge on any atom is 0.237 e. The smallest absolute Gasteiger partial charge is 0.237 e. The Morgan fingerprint density at radius 2 is 2.00 bits per heavy atom. The minimum atomic E-state index is 0.107. The monoisotopic (exact) mass is 343 g/mol. The number of hydrogen-bond acceptors (Lipinski definition) is 3. The zero-order valence-corrected chi connectivity index (χ0v) is 15.7. The van der Waals surface area contributed by atoms with Crippen LogP contribution in [0.15, 0.2) is 24.3 Å². The second kappa shape index (κ2) is 9.35. The van der Waals surface area contributed by atoms with Crippen LogP contribution in [0.2, 0.25) is 0 Å². The summed E-state index contributed by atoms with van der Waals surface area (Å²) in [6, 6.07) is 8.87. The summed E-state index contributed by atoms with van der Waals surface area (Å²) < 4.78 is 0. The first kappa shape index (κ1) is 18.4. The van der Waals surface area contributed by atoms with Gasteiger partial charge in [-0.25, -0.2) is 0 Å². The number of carbonyl (C=O) groups excluding carboxylic acids is 1. The Bertz CT molecular complexity index is 558. The van der Waals surface area contributed by atoms with E-state index in [-0.39, 0.29) is 11.9 Å². The van der Waals surface area contributed by atoms with Crippen LogP contribution in [0.3, 0.4) is 0 Å². The standard InChI is InChI=1S/C21H33N3O/c1-2-13-24-15-6-5-10-20(24)21(25)22-12-7-14-23-16-11-18-8-3-4-9-19(18)17-23/h3-4,8-9,20H,2,5-7,10-17H2,1H3,(H,22,25). The van der Waals surface area contributed by atoms with Gasteiger partial charge in [0.25, 0.3) is 0 Å². The average Bonchev–Trinajstić information content (AvgIpc) is 2.65. The molecule has 0 saturated carbocycles. The summed E-state index contributed by atoms with van der Waals surface area (Å²) in [6.45, 7) is 8.38. The maximum absolute atomic E-state index is 12.5.